The number of rotatable bonds is 22. The van der Waals surface area contributed by atoms with Crippen LogP contribution >= 0.6 is 0 Å². The maximum Gasteiger partial charge on any atom is 0.297 e. The van der Waals surface area contributed by atoms with Gasteiger partial charge in [-0.3, -0.25) is 4.79 Å². The molecule has 75 heavy (non-hydrogen) atoms. The standard InChI is InChI=1S/C65H53NO9.22H2/c1-3-5-7-8-9-10-11-12-13-14-15-16-17-18-19-20-21-22-23-36-46-60(68)66-57(61(69)58(67)45-6-4-2)51-74-65-64(73-50-56-43-34-27-35-44-56)63(72-49-55-41-32-26-33-42-55)62(71-48-54-39-30-25-31-40-54)59(75-65)52-70-47-53-37-28-24-29-38-53;;;;;;;;;;;;;;;;;;;;;;/h1,24-35,37-44,57-59,61-65,67,69H,4,6,45,47-52H2,2H3,(H,66,68);22*1H/t57-,58+,59?,61-,62?,63?,64?,65?;;;;;;;;;;;;;;;;;;;;;;/m0....................../s1. The van der Waals surface area contributed by atoms with Gasteiger partial charge < -0.3 is 44.0 Å². The molecule has 0 saturated carbocycles. The van der Waals surface area contributed by atoms with E-state index in [4.69, 9.17) is 34.8 Å². The summed E-state index contributed by atoms with van der Waals surface area (Å²) in [6.07, 6.45) is -0.381. The van der Waals surface area contributed by atoms with Gasteiger partial charge in [0.15, 0.2) is 6.29 Å². The molecule has 1 aliphatic rings. The van der Waals surface area contributed by atoms with Crippen molar-refractivity contribution in [1.29, 1.82) is 0 Å². The molecule has 0 bridgehead atoms. The molecule has 1 heterocycles. The summed E-state index contributed by atoms with van der Waals surface area (Å²) in [7, 11) is 0. The van der Waals surface area contributed by atoms with E-state index in [1.165, 1.54) is 0 Å². The van der Waals surface area contributed by atoms with Crippen LogP contribution in [0.1, 0.15) is 79.8 Å². The van der Waals surface area contributed by atoms with E-state index in [0.29, 0.717) is 13.0 Å². The number of carbonyl (C=O) groups excluding carboxylic acids is 1. The first kappa shape index (κ1) is 57.1. The predicted octanol–water partition coefficient (Wildman–Crippen LogP) is 11.2. The summed E-state index contributed by atoms with van der Waals surface area (Å²) in [6, 6.07) is 37.8. The number of amides is 1. The van der Waals surface area contributed by atoms with E-state index < -0.39 is 54.9 Å². The topological polar surface area (TPSA) is 125 Å². The first-order chi connectivity index (χ1) is 36.9. The molecule has 0 aliphatic carbocycles. The molecular formula is C65H97NO9. The Morgan fingerprint density at radius 2 is 0.960 bits per heavy atom. The average molecular weight is 1040 g/mol. The van der Waals surface area contributed by atoms with Gasteiger partial charge in [0.05, 0.1) is 51.8 Å². The average Bonchev–Trinajstić information content (AvgIpc) is 0.878. The van der Waals surface area contributed by atoms with Crippen LogP contribution in [0, 0.1) is 131 Å². The minimum atomic E-state index is -1.46. The molecule has 5 rings (SSSR count). The largest absolute Gasteiger partial charge is 0.390 e. The van der Waals surface area contributed by atoms with Crippen molar-refractivity contribution in [3.8, 4) is 131 Å². The van der Waals surface area contributed by atoms with E-state index in [9.17, 15) is 15.0 Å². The van der Waals surface area contributed by atoms with Gasteiger partial charge in [0.25, 0.3) is 5.91 Å². The van der Waals surface area contributed by atoms with Gasteiger partial charge in [-0.15, -0.1) is 6.42 Å². The SMILES string of the molecule is C#CC#CC#CC#CC#CC#CC#CC#CC#CC#CC#CC(=O)N[C@@H](COC1OC(COCc2ccccc2)C(OCc2ccccc2)C(OCc2ccccc2)C1OCc1ccccc1)[C@H](O)[C@H](O)CCCC.[HH].[HH].[HH].[HH].[HH].[HH].[HH].[HH].[HH].[HH].[HH].[HH].[HH].[HH].[HH].[HH].[HH].[HH].[HH].[HH].[HH].[HH]. The fourth-order valence-corrected chi connectivity index (χ4v) is 7.02. The Labute approximate surface area is 474 Å². The third kappa shape index (κ3) is 22.7. The van der Waals surface area contributed by atoms with E-state index in [1.54, 1.807) is 0 Å². The summed E-state index contributed by atoms with van der Waals surface area (Å²) in [5.41, 5.74) is 3.73. The molecule has 8 atom stereocenters. The van der Waals surface area contributed by atoms with Gasteiger partial charge in [0, 0.05) is 61.0 Å². The number of carbonyl (C=O) groups is 1. The van der Waals surface area contributed by atoms with E-state index in [2.05, 4.69) is 130 Å². The maximum atomic E-state index is 13.3. The molecule has 1 fully saturated rings. The third-order valence-corrected chi connectivity index (χ3v) is 10.6. The Bertz CT molecular complexity index is 3220. The zero-order chi connectivity index (χ0) is 52.8. The van der Waals surface area contributed by atoms with Gasteiger partial charge in [-0.2, -0.15) is 0 Å². The molecule has 1 aliphatic heterocycles. The highest BCUT2D eigenvalue weighted by atomic mass is 16.7. The Morgan fingerprint density at radius 3 is 1.40 bits per heavy atom. The monoisotopic (exact) mass is 1040 g/mol. The minimum absolute atomic E-state index is 0. The molecule has 3 N–H and O–H groups in total. The van der Waals surface area contributed by atoms with Gasteiger partial charge in [-0.1, -0.05) is 141 Å². The lowest BCUT2D eigenvalue weighted by molar-refractivity contribution is -0.329. The zero-order valence-corrected chi connectivity index (χ0v) is 41.4. The highest BCUT2D eigenvalue weighted by molar-refractivity contribution is 5.94. The summed E-state index contributed by atoms with van der Waals surface area (Å²) in [5.74, 6) is 51.0. The molecule has 10 nitrogen and oxygen atoms in total. The van der Waals surface area contributed by atoms with Crippen LogP contribution < -0.4 is 5.32 Å². The number of unbranched alkanes of at least 4 members (excludes halogenated alkanes) is 1. The number of hydrogen-bond acceptors (Lipinski definition) is 9. The molecule has 1 amide bonds. The summed E-state index contributed by atoms with van der Waals surface area (Å²) < 4.78 is 40.0. The van der Waals surface area contributed by atoms with Crippen LogP contribution in [0.4, 0.5) is 0 Å². The lowest BCUT2D eigenvalue weighted by Crippen LogP contribution is -2.62. The molecule has 0 radical (unpaired) electrons. The lowest BCUT2D eigenvalue weighted by atomic mass is 9.97. The fourth-order valence-electron chi connectivity index (χ4n) is 7.02. The Kier molecular flexibility index (Phi) is 26.9. The summed E-state index contributed by atoms with van der Waals surface area (Å²) in [6.45, 7) is 2.62. The van der Waals surface area contributed by atoms with E-state index in [-0.39, 0.29) is 70.8 Å². The highest BCUT2D eigenvalue weighted by Crippen LogP contribution is 2.32. The third-order valence-electron chi connectivity index (χ3n) is 10.6. The Morgan fingerprint density at radius 1 is 0.560 bits per heavy atom. The smallest absolute Gasteiger partial charge is 0.297 e. The van der Waals surface area contributed by atoms with Crippen LogP contribution in [0.25, 0.3) is 0 Å². The first-order valence-corrected chi connectivity index (χ1v) is 23.9. The van der Waals surface area contributed by atoms with Crippen LogP contribution in [0.15, 0.2) is 121 Å². The zero-order valence-electron chi connectivity index (χ0n) is 41.4. The second kappa shape index (κ2) is 35.3. The Hall–Kier alpha value is -8.81. The summed E-state index contributed by atoms with van der Waals surface area (Å²) in [4.78, 5) is 13.3. The Balaban J connectivity index is -0.000000177. The predicted molar refractivity (Wildman–Crippen MR) is 332 cm³/mol. The summed E-state index contributed by atoms with van der Waals surface area (Å²) >= 11 is 0. The van der Waals surface area contributed by atoms with Gasteiger partial charge in [0.1, 0.15) is 30.5 Å². The van der Waals surface area contributed by atoms with Crippen LogP contribution in [0.5, 0.6) is 0 Å². The number of ether oxygens (including phenoxy) is 6. The van der Waals surface area contributed by atoms with E-state index in [0.717, 1.165) is 28.7 Å². The number of aliphatic hydroxyl groups excluding tert-OH is 2. The molecule has 0 spiro atoms. The molecule has 4 aromatic carbocycles. The van der Waals surface area contributed by atoms with E-state index in [1.807, 2.05) is 128 Å². The second-order valence-corrected chi connectivity index (χ2v) is 16.1. The maximum absolute atomic E-state index is 13.3. The molecule has 10 heteroatoms. The van der Waals surface area contributed by atoms with Crippen LogP contribution in [-0.4, -0.2) is 78.3 Å². The lowest BCUT2D eigenvalue weighted by Gasteiger charge is -2.46. The second-order valence-electron chi connectivity index (χ2n) is 16.1. The first-order valence-electron chi connectivity index (χ1n) is 23.9. The van der Waals surface area contributed by atoms with Crippen LogP contribution in [-0.2, 0) is 59.6 Å². The van der Waals surface area contributed by atoms with Crippen LogP contribution in [0.3, 0.4) is 0 Å². The molecular weight excluding hydrogens is 939 g/mol. The summed E-state index contributed by atoms with van der Waals surface area (Å²) in [5, 5.41) is 25.4. The molecule has 1 saturated heterocycles. The molecule has 4 aromatic rings. The number of hydrogen-bond donors (Lipinski definition) is 3. The van der Waals surface area contributed by atoms with Crippen molar-refractivity contribution in [1.82, 2.24) is 5.32 Å². The van der Waals surface area contributed by atoms with Crippen molar-refractivity contribution in [3.05, 3.63) is 144 Å². The van der Waals surface area contributed by atoms with Crippen molar-refractivity contribution in [3.63, 3.8) is 0 Å². The van der Waals surface area contributed by atoms with Crippen molar-refractivity contribution in [2.45, 2.75) is 102 Å². The quantitative estimate of drug-likeness (QED) is 0.0660. The van der Waals surface area contributed by atoms with Gasteiger partial charge >= 0.3 is 0 Å². The fraction of sp³-hybridized carbons (Fsp3) is 0.277. The number of benzene rings is 4. The highest BCUT2D eigenvalue weighted by Gasteiger charge is 2.49. The molecule has 416 valence electrons. The van der Waals surface area contributed by atoms with Crippen molar-refractivity contribution in [2.75, 3.05) is 13.2 Å². The van der Waals surface area contributed by atoms with E-state index >= 15 is 0 Å². The number of terminal acetylenes is 1. The normalized spacial score (nSPS) is 16.6. The molecule has 5 unspecified atom stereocenters. The van der Waals surface area contributed by atoms with Gasteiger partial charge in [0.2, 0.25) is 0 Å². The van der Waals surface area contributed by atoms with Crippen LogP contribution in [0.2, 0.25) is 0 Å². The van der Waals surface area contributed by atoms with Crippen molar-refractivity contribution >= 4 is 5.91 Å². The van der Waals surface area contributed by atoms with Crippen molar-refractivity contribution < 1.29 is 74.8 Å². The van der Waals surface area contributed by atoms with Crippen molar-refractivity contribution in [2.24, 2.45) is 0 Å². The number of aliphatic hydroxyl groups is 2. The van der Waals surface area contributed by atoms with Gasteiger partial charge in [-0.05, 0) is 123 Å². The molecule has 0 aromatic heterocycles. The number of nitrogens with one attached hydrogen (secondary N) is 1. The minimum Gasteiger partial charge on any atom is -0.390 e. The van der Waals surface area contributed by atoms with Gasteiger partial charge in [-0.25, -0.2) is 0 Å².